The third-order valence-electron chi connectivity index (χ3n) is 3.64. The number of carbonyl (C=O) groups is 2. The standard InChI is InChI=1S/C11H16N4O2/c1-11(8-3-2-5-13-7-8)9(16)15(6-4-12)10(17)14-11/h8,13H,2-3,5-7H2,1H3,(H,14,17). The summed E-state index contributed by atoms with van der Waals surface area (Å²) in [5, 5.41) is 14.6. The number of nitriles is 1. The normalized spacial score (nSPS) is 33.4. The molecule has 6 heteroatoms. The maximum absolute atomic E-state index is 12.2. The molecule has 2 unspecified atom stereocenters. The summed E-state index contributed by atoms with van der Waals surface area (Å²) >= 11 is 0. The third kappa shape index (κ3) is 1.87. The molecule has 0 bridgehead atoms. The Morgan fingerprint density at radius 1 is 1.59 bits per heavy atom. The van der Waals surface area contributed by atoms with Gasteiger partial charge < -0.3 is 10.6 Å². The first-order valence-electron chi connectivity index (χ1n) is 5.81. The van der Waals surface area contributed by atoms with E-state index in [1.165, 1.54) is 0 Å². The minimum Gasteiger partial charge on any atom is -0.323 e. The molecule has 0 radical (unpaired) electrons. The van der Waals surface area contributed by atoms with E-state index in [1.807, 2.05) is 6.07 Å². The molecular formula is C11H16N4O2. The molecule has 2 N–H and O–H groups in total. The number of urea groups is 1. The Kier molecular flexibility index (Phi) is 3.03. The zero-order valence-electron chi connectivity index (χ0n) is 9.82. The molecule has 2 rings (SSSR count). The number of hydrogen-bond donors (Lipinski definition) is 2. The van der Waals surface area contributed by atoms with E-state index in [0.717, 1.165) is 30.8 Å². The van der Waals surface area contributed by atoms with E-state index in [0.29, 0.717) is 0 Å². The smallest absolute Gasteiger partial charge is 0.323 e. The van der Waals surface area contributed by atoms with Gasteiger partial charge in [-0.15, -0.1) is 0 Å². The highest BCUT2D eigenvalue weighted by molar-refractivity contribution is 6.07. The number of nitrogens with one attached hydrogen (secondary N) is 2. The summed E-state index contributed by atoms with van der Waals surface area (Å²) in [7, 11) is 0. The molecule has 0 aliphatic carbocycles. The fourth-order valence-corrected chi connectivity index (χ4v) is 2.55. The average Bonchev–Trinajstić information content (AvgIpc) is 2.56. The number of carbonyl (C=O) groups excluding carboxylic acids is 2. The van der Waals surface area contributed by atoms with Crippen LogP contribution in [0.5, 0.6) is 0 Å². The highest BCUT2D eigenvalue weighted by Crippen LogP contribution is 2.30. The van der Waals surface area contributed by atoms with Crippen molar-refractivity contribution >= 4 is 11.9 Å². The molecule has 0 aromatic carbocycles. The van der Waals surface area contributed by atoms with E-state index in [9.17, 15) is 9.59 Å². The van der Waals surface area contributed by atoms with Crippen LogP contribution in [0.15, 0.2) is 0 Å². The van der Waals surface area contributed by atoms with Gasteiger partial charge in [-0.1, -0.05) is 0 Å². The second-order valence-electron chi connectivity index (χ2n) is 4.73. The van der Waals surface area contributed by atoms with Crippen LogP contribution in [0.4, 0.5) is 4.79 Å². The highest BCUT2D eigenvalue weighted by atomic mass is 16.2. The second kappa shape index (κ2) is 4.34. The third-order valence-corrected chi connectivity index (χ3v) is 3.64. The zero-order valence-corrected chi connectivity index (χ0v) is 9.82. The summed E-state index contributed by atoms with van der Waals surface area (Å²) in [5.41, 5.74) is -0.860. The van der Waals surface area contributed by atoms with Gasteiger partial charge in [-0.25, -0.2) is 9.69 Å². The predicted molar refractivity (Wildman–Crippen MR) is 59.9 cm³/mol. The average molecular weight is 236 g/mol. The number of nitrogens with zero attached hydrogens (tertiary/aromatic N) is 2. The van der Waals surface area contributed by atoms with Gasteiger partial charge in [0.25, 0.3) is 5.91 Å². The van der Waals surface area contributed by atoms with Crippen molar-refractivity contribution in [1.82, 2.24) is 15.5 Å². The summed E-state index contributed by atoms with van der Waals surface area (Å²) in [6.07, 6.45) is 1.91. The van der Waals surface area contributed by atoms with E-state index in [-0.39, 0.29) is 18.4 Å². The van der Waals surface area contributed by atoms with Gasteiger partial charge in [-0.3, -0.25) is 4.79 Å². The summed E-state index contributed by atoms with van der Waals surface area (Å²) in [5.74, 6) is -0.186. The fourth-order valence-electron chi connectivity index (χ4n) is 2.55. The SMILES string of the molecule is CC1(C2CCCNC2)NC(=O)N(CC#N)C1=O. The molecule has 2 heterocycles. The van der Waals surface area contributed by atoms with Gasteiger partial charge in [0.05, 0.1) is 6.07 Å². The lowest BCUT2D eigenvalue weighted by Gasteiger charge is -2.34. The van der Waals surface area contributed by atoms with Crippen LogP contribution in [0.2, 0.25) is 0 Å². The lowest BCUT2D eigenvalue weighted by Crippen LogP contribution is -2.55. The number of piperidine rings is 1. The lowest BCUT2D eigenvalue weighted by atomic mass is 9.80. The van der Waals surface area contributed by atoms with Crippen LogP contribution in [0.1, 0.15) is 19.8 Å². The van der Waals surface area contributed by atoms with Crippen LogP contribution in [-0.2, 0) is 4.79 Å². The first kappa shape index (κ1) is 11.9. The van der Waals surface area contributed by atoms with Gasteiger partial charge in [0.1, 0.15) is 12.1 Å². The van der Waals surface area contributed by atoms with Crippen molar-refractivity contribution in [1.29, 1.82) is 5.26 Å². The molecule has 6 nitrogen and oxygen atoms in total. The van der Waals surface area contributed by atoms with Gasteiger partial charge in [0.15, 0.2) is 0 Å². The van der Waals surface area contributed by atoms with Crippen molar-refractivity contribution in [3.63, 3.8) is 0 Å². The minimum atomic E-state index is -0.860. The molecule has 2 saturated heterocycles. The van der Waals surface area contributed by atoms with E-state index < -0.39 is 11.6 Å². The summed E-state index contributed by atoms with van der Waals surface area (Å²) < 4.78 is 0. The highest BCUT2D eigenvalue weighted by Gasteiger charge is 2.52. The molecule has 2 aliphatic heterocycles. The van der Waals surface area contributed by atoms with Gasteiger partial charge in [0, 0.05) is 12.5 Å². The van der Waals surface area contributed by atoms with E-state index in [4.69, 9.17) is 5.26 Å². The van der Waals surface area contributed by atoms with Crippen molar-refractivity contribution < 1.29 is 9.59 Å². The Labute approximate surface area is 100.0 Å². The Bertz CT molecular complexity index is 383. The van der Waals surface area contributed by atoms with Crippen molar-refractivity contribution in [2.24, 2.45) is 5.92 Å². The maximum atomic E-state index is 12.2. The largest absolute Gasteiger partial charge is 0.325 e. The predicted octanol–water partition coefficient (Wildman–Crippen LogP) is -0.180. The van der Waals surface area contributed by atoms with Crippen LogP contribution in [-0.4, -0.2) is 42.0 Å². The Hall–Kier alpha value is -1.61. The molecule has 17 heavy (non-hydrogen) atoms. The number of imide groups is 1. The molecule has 92 valence electrons. The van der Waals surface area contributed by atoms with Crippen LogP contribution in [0, 0.1) is 17.2 Å². The number of rotatable bonds is 2. The van der Waals surface area contributed by atoms with Gasteiger partial charge in [-0.2, -0.15) is 5.26 Å². The summed E-state index contributed by atoms with van der Waals surface area (Å²) in [6.45, 7) is 3.25. The van der Waals surface area contributed by atoms with Crippen molar-refractivity contribution in [2.45, 2.75) is 25.3 Å². The second-order valence-corrected chi connectivity index (χ2v) is 4.73. The Morgan fingerprint density at radius 2 is 2.35 bits per heavy atom. The Morgan fingerprint density at radius 3 is 2.94 bits per heavy atom. The molecule has 0 aromatic heterocycles. The molecule has 0 spiro atoms. The fraction of sp³-hybridized carbons (Fsp3) is 0.727. The van der Waals surface area contributed by atoms with E-state index in [1.54, 1.807) is 6.92 Å². The summed E-state index contributed by atoms with van der Waals surface area (Å²) in [4.78, 5) is 24.8. The van der Waals surface area contributed by atoms with Gasteiger partial charge in [-0.05, 0) is 26.3 Å². The van der Waals surface area contributed by atoms with Crippen LogP contribution in [0.25, 0.3) is 0 Å². The first-order valence-corrected chi connectivity index (χ1v) is 5.81. The van der Waals surface area contributed by atoms with Crippen molar-refractivity contribution in [3.8, 4) is 6.07 Å². The molecule has 3 amide bonds. The zero-order chi connectivity index (χ0) is 12.5. The maximum Gasteiger partial charge on any atom is 0.325 e. The molecule has 2 aliphatic rings. The molecule has 0 saturated carbocycles. The molecule has 2 fully saturated rings. The molecule has 0 aromatic rings. The van der Waals surface area contributed by atoms with Crippen LogP contribution >= 0.6 is 0 Å². The lowest BCUT2D eigenvalue weighted by molar-refractivity contribution is -0.132. The molecule has 2 atom stereocenters. The van der Waals surface area contributed by atoms with Crippen LogP contribution in [0.3, 0.4) is 0 Å². The Balaban J connectivity index is 2.18. The minimum absolute atomic E-state index is 0.0939. The topological polar surface area (TPSA) is 85.2 Å². The number of hydrogen-bond acceptors (Lipinski definition) is 4. The van der Waals surface area contributed by atoms with Crippen molar-refractivity contribution in [2.75, 3.05) is 19.6 Å². The van der Waals surface area contributed by atoms with E-state index >= 15 is 0 Å². The molecular weight excluding hydrogens is 220 g/mol. The summed E-state index contributed by atoms with van der Waals surface area (Å²) in [6, 6.07) is 1.39. The number of amides is 3. The van der Waals surface area contributed by atoms with E-state index in [2.05, 4.69) is 10.6 Å². The van der Waals surface area contributed by atoms with Gasteiger partial charge in [0.2, 0.25) is 0 Å². The first-order chi connectivity index (χ1) is 8.09. The van der Waals surface area contributed by atoms with Gasteiger partial charge >= 0.3 is 6.03 Å². The monoisotopic (exact) mass is 236 g/mol. The quantitative estimate of drug-likeness (QED) is 0.514. The van der Waals surface area contributed by atoms with Crippen LogP contribution < -0.4 is 10.6 Å². The van der Waals surface area contributed by atoms with Crippen molar-refractivity contribution in [3.05, 3.63) is 0 Å².